The number of piperazine rings is 1. The first kappa shape index (κ1) is 17.0. The quantitative estimate of drug-likeness (QED) is 0.830. The van der Waals surface area contributed by atoms with E-state index in [-0.39, 0.29) is 6.42 Å². The molecular weight excluding hydrogens is 280 g/mol. The van der Waals surface area contributed by atoms with Crippen molar-refractivity contribution in [2.45, 2.75) is 58.8 Å². The molecule has 1 atom stereocenters. The molecule has 0 unspecified atom stereocenters. The lowest BCUT2D eigenvalue weighted by Crippen LogP contribution is -2.54. The molecule has 1 fully saturated rings. The van der Waals surface area contributed by atoms with Gasteiger partial charge in [0.25, 0.3) is 0 Å². The van der Waals surface area contributed by atoms with Crippen LogP contribution in [-0.4, -0.2) is 62.4 Å². The summed E-state index contributed by atoms with van der Waals surface area (Å²) in [6, 6.07) is 1.22. The number of aliphatic carboxylic acids is 1. The lowest BCUT2D eigenvalue weighted by molar-refractivity contribution is -0.137. The summed E-state index contributed by atoms with van der Waals surface area (Å²) in [4.78, 5) is 15.7. The van der Waals surface area contributed by atoms with Gasteiger partial charge in [-0.3, -0.25) is 19.3 Å². The first-order chi connectivity index (χ1) is 10.5. The highest BCUT2D eigenvalue weighted by Crippen LogP contribution is 2.17. The Kier molecular flexibility index (Phi) is 5.97. The third-order valence-corrected chi connectivity index (χ3v) is 4.39. The van der Waals surface area contributed by atoms with Crippen molar-refractivity contribution >= 4 is 5.97 Å². The highest BCUT2D eigenvalue weighted by Gasteiger charge is 2.27. The summed E-state index contributed by atoms with van der Waals surface area (Å²) in [6.07, 6.45) is 5.12. The van der Waals surface area contributed by atoms with Crippen molar-refractivity contribution in [2.24, 2.45) is 0 Å². The Morgan fingerprint density at radius 3 is 2.86 bits per heavy atom. The van der Waals surface area contributed by atoms with Crippen LogP contribution >= 0.6 is 0 Å². The predicted octanol–water partition coefficient (Wildman–Crippen LogP) is 1.66. The smallest absolute Gasteiger partial charge is 0.305 e. The third kappa shape index (κ3) is 4.55. The second-order valence-electron chi connectivity index (χ2n) is 6.38. The van der Waals surface area contributed by atoms with Crippen LogP contribution in [0.4, 0.5) is 0 Å². The molecule has 6 nitrogen and oxygen atoms in total. The van der Waals surface area contributed by atoms with Crippen LogP contribution in [0.1, 0.15) is 39.2 Å². The zero-order chi connectivity index (χ0) is 16.1. The number of nitrogens with zero attached hydrogens (tertiary/aromatic N) is 4. The van der Waals surface area contributed by atoms with Crippen molar-refractivity contribution in [1.82, 2.24) is 19.6 Å². The summed E-state index contributed by atoms with van der Waals surface area (Å²) in [5.41, 5.74) is 1.17. The van der Waals surface area contributed by atoms with Gasteiger partial charge in [0.15, 0.2) is 0 Å². The molecule has 0 saturated carbocycles. The SMILES string of the molecule is CC[C@@H]1CN(Cc2cnn(CCC(=O)O)c2)CCN1C(C)C. The lowest BCUT2D eigenvalue weighted by atomic mass is 10.1. The van der Waals surface area contributed by atoms with Crippen molar-refractivity contribution in [1.29, 1.82) is 0 Å². The van der Waals surface area contributed by atoms with Gasteiger partial charge in [0, 0.05) is 50.0 Å². The Labute approximate surface area is 132 Å². The van der Waals surface area contributed by atoms with E-state index >= 15 is 0 Å². The Hall–Kier alpha value is -1.40. The number of carboxylic acid groups (broad SMARTS) is 1. The summed E-state index contributed by atoms with van der Waals surface area (Å²) < 4.78 is 1.73. The van der Waals surface area contributed by atoms with E-state index in [1.165, 1.54) is 12.0 Å². The number of aryl methyl sites for hydroxylation is 1. The fraction of sp³-hybridized carbons (Fsp3) is 0.750. The van der Waals surface area contributed by atoms with Crippen LogP contribution in [-0.2, 0) is 17.9 Å². The Bertz CT molecular complexity index is 486. The van der Waals surface area contributed by atoms with Gasteiger partial charge in [-0.25, -0.2) is 0 Å². The Balaban J connectivity index is 1.87. The molecule has 2 rings (SSSR count). The summed E-state index contributed by atoms with van der Waals surface area (Å²) in [6.45, 7) is 11.4. The van der Waals surface area contributed by atoms with E-state index in [4.69, 9.17) is 5.11 Å². The normalized spacial score (nSPS) is 20.6. The highest BCUT2D eigenvalue weighted by molar-refractivity contribution is 5.66. The monoisotopic (exact) mass is 308 g/mol. The Morgan fingerprint density at radius 1 is 1.45 bits per heavy atom. The van der Waals surface area contributed by atoms with E-state index in [0.29, 0.717) is 18.6 Å². The van der Waals surface area contributed by atoms with E-state index in [1.807, 2.05) is 12.4 Å². The highest BCUT2D eigenvalue weighted by atomic mass is 16.4. The number of rotatable bonds is 7. The molecule has 0 radical (unpaired) electrons. The van der Waals surface area contributed by atoms with Gasteiger partial charge in [-0.05, 0) is 20.3 Å². The van der Waals surface area contributed by atoms with Crippen LogP contribution in [0.2, 0.25) is 0 Å². The molecule has 1 saturated heterocycles. The van der Waals surface area contributed by atoms with Gasteiger partial charge < -0.3 is 5.11 Å². The predicted molar refractivity (Wildman–Crippen MR) is 85.7 cm³/mol. The van der Waals surface area contributed by atoms with Crippen LogP contribution in [0, 0.1) is 0 Å². The van der Waals surface area contributed by atoms with Crippen molar-refractivity contribution in [3.63, 3.8) is 0 Å². The molecule has 0 aromatic carbocycles. The second kappa shape index (κ2) is 7.74. The summed E-state index contributed by atoms with van der Waals surface area (Å²) in [5, 5.41) is 13.0. The topological polar surface area (TPSA) is 61.6 Å². The zero-order valence-electron chi connectivity index (χ0n) is 13.9. The maximum absolute atomic E-state index is 10.6. The van der Waals surface area contributed by atoms with Crippen molar-refractivity contribution in [3.8, 4) is 0 Å². The second-order valence-corrected chi connectivity index (χ2v) is 6.38. The average molecular weight is 308 g/mol. The first-order valence-electron chi connectivity index (χ1n) is 8.20. The van der Waals surface area contributed by atoms with Crippen LogP contribution in [0.25, 0.3) is 0 Å². The molecule has 0 amide bonds. The van der Waals surface area contributed by atoms with Gasteiger partial charge in [0.2, 0.25) is 0 Å². The van der Waals surface area contributed by atoms with Crippen molar-refractivity contribution < 1.29 is 9.90 Å². The Morgan fingerprint density at radius 2 is 2.23 bits per heavy atom. The molecule has 2 heterocycles. The lowest BCUT2D eigenvalue weighted by Gasteiger charge is -2.43. The van der Waals surface area contributed by atoms with E-state index in [1.54, 1.807) is 4.68 Å². The average Bonchev–Trinajstić information content (AvgIpc) is 2.92. The maximum atomic E-state index is 10.6. The van der Waals surface area contributed by atoms with Gasteiger partial charge in [-0.15, -0.1) is 0 Å². The molecule has 1 aromatic rings. The van der Waals surface area contributed by atoms with Gasteiger partial charge in [-0.2, -0.15) is 5.10 Å². The number of carbonyl (C=O) groups is 1. The number of hydrogen-bond donors (Lipinski definition) is 1. The van der Waals surface area contributed by atoms with E-state index < -0.39 is 5.97 Å². The van der Waals surface area contributed by atoms with Crippen LogP contribution in [0.15, 0.2) is 12.4 Å². The molecular formula is C16H28N4O2. The molecule has 0 spiro atoms. The first-order valence-corrected chi connectivity index (χ1v) is 8.20. The van der Waals surface area contributed by atoms with Crippen LogP contribution < -0.4 is 0 Å². The number of carboxylic acids is 1. The van der Waals surface area contributed by atoms with Gasteiger partial charge in [-0.1, -0.05) is 6.92 Å². The maximum Gasteiger partial charge on any atom is 0.305 e. The summed E-state index contributed by atoms with van der Waals surface area (Å²) in [5.74, 6) is -0.785. The third-order valence-electron chi connectivity index (χ3n) is 4.39. The molecule has 1 aromatic heterocycles. The van der Waals surface area contributed by atoms with Crippen LogP contribution in [0.3, 0.4) is 0 Å². The minimum Gasteiger partial charge on any atom is -0.481 e. The minimum absolute atomic E-state index is 0.117. The standard InChI is InChI=1S/C16H28N4O2/c1-4-15-12-18(7-8-20(15)13(2)3)10-14-9-17-19(11-14)6-5-16(21)22/h9,11,13,15H,4-8,10,12H2,1-3H3,(H,21,22)/t15-/m1/s1. The van der Waals surface area contributed by atoms with Gasteiger partial charge >= 0.3 is 5.97 Å². The largest absolute Gasteiger partial charge is 0.481 e. The molecule has 124 valence electrons. The molecule has 6 heteroatoms. The van der Waals surface area contributed by atoms with Crippen molar-refractivity contribution in [3.05, 3.63) is 18.0 Å². The molecule has 1 aliphatic heterocycles. The molecule has 0 bridgehead atoms. The van der Waals surface area contributed by atoms with Crippen molar-refractivity contribution in [2.75, 3.05) is 19.6 Å². The molecule has 1 aliphatic rings. The fourth-order valence-electron chi connectivity index (χ4n) is 3.20. The minimum atomic E-state index is -0.785. The fourth-order valence-corrected chi connectivity index (χ4v) is 3.20. The number of aromatic nitrogens is 2. The zero-order valence-corrected chi connectivity index (χ0v) is 13.9. The number of hydrogen-bond acceptors (Lipinski definition) is 4. The summed E-state index contributed by atoms with van der Waals surface area (Å²) in [7, 11) is 0. The van der Waals surface area contributed by atoms with Gasteiger partial charge in [0.05, 0.1) is 19.2 Å². The van der Waals surface area contributed by atoms with E-state index in [2.05, 4.69) is 35.7 Å². The van der Waals surface area contributed by atoms with E-state index in [9.17, 15) is 4.79 Å². The molecule has 22 heavy (non-hydrogen) atoms. The molecule has 1 N–H and O–H groups in total. The van der Waals surface area contributed by atoms with Crippen LogP contribution in [0.5, 0.6) is 0 Å². The van der Waals surface area contributed by atoms with Gasteiger partial charge in [0.1, 0.15) is 0 Å². The van der Waals surface area contributed by atoms with E-state index in [0.717, 1.165) is 26.2 Å². The molecule has 0 aliphatic carbocycles. The summed E-state index contributed by atoms with van der Waals surface area (Å²) >= 11 is 0.